The molecule has 0 aromatic heterocycles. The first-order chi connectivity index (χ1) is 9.73. The van der Waals surface area contributed by atoms with Crippen molar-refractivity contribution in [1.82, 2.24) is 4.31 Å². The molecule has 9 heteroatoms. The van der Waals surface area contributed by atoms with Crippen molar-refractivity contribution in [2.75, 3.05) is 18.8 Å². The third kappa shape index (κ3) is 2.99. The number of anilines is 1. The predicted octanol–water partition coefficient (Wildman–Crippen LogP) is 0.568. The van der Waals surface area contributed by atoms with Gasteiger partial charge in [-0.2, -0.15) is 4.31 Å². The molecule has 1 fully saturated rings. The standard InChI is InChI=1S/C12H17N3O5S/c1-8-4-5-14(7-11(8)16)21(19,20)12-3-2-9(13)6-10(12)15(17)18/h2-3,6,8,11,16H,4-5,7,13H2,1H3. The number of aliphatic hydroxyl groups excluding tert-OH is 1. The minimum Gasteiger partial charge on any atom is -0.399 e. The van der Waals surface area contributed by atoms with E-state index in [-0.39, 0.29) is 24.7 Å². The second kappa shape index (κ2) is 5.58. The Bertz CT molecular complexity index is 661. The molecule has 2 unspecified atom stereocenters. The van der Waals surface area contributed by atoms with Crippen molar-refractivity contribution in [2.24, 2.45) is 5.92 Å². The topological polar surface area (TPSA) is 127 Å². The van der Waals surface area contributed by atoms with Crippen LogP contribution in [0.2, 0.25) is 0 Å². The molecule has 0 amide bonds. The van der Waals surface area contributed by atoms with Gasteiger partial charge in [-0.15, -0.1) is 0 Å². The number of nitrogens with two attached hydrogens (primary N) is 1. The van der Waals surface area contributed by atoms with Gasteiger partial charge in [-0.05, 0) is 24.5 Å². The van der Waals surface area contributed by atoms with Gasteiger partial charge in [0.05, 0.1) is 11.0 Å². The summed E-state index contributed by atoms with van der Waals surface area (Å²) in [6.45, 7) is 1.99. The normalized spacial score (nSPS) is 23.9. The molecule has 0 bridgehead atoms. The van der Waals surface area contributed by atoms with Crippen molar-refractivity contribution in [2.45, 2.75) is 24.3 Å². The lowest BCUT2D eigenvalue weighted by Crippen LogP contribution is -2.45. The van der Waals surface area contributed by atoms with E-state index >= 15 is 0 Å². The van der Waals surface area contributed by atoms with Crippen molar-refractivity contribution in [1.29, 1.82) is 0 Å². The fraction of sp³-hybridized carbons (Fsp3) is 0.500. The Morgan fingerprint density at radius 3 is 2.71 bits per heavy atom. The number of nitrogens with zero attached hydrogens (tertiary/aromatic N) is 2. The van der Waals surface area contributed by atoms with Gasteiger partial charge in [0.1, 0.15) is 0 Å². The van der Waals surface area contributed by atoms with Crippen LogP contribution in [-0.2, 0) is 10.0 Å². The van der Waals surface area contributed by atoms with Gasteiger partial charge in [0.15, 0.2) is 4.90 Å². The summed E-state index contributed by atoms with van der Waals surface area (Å²) in [7, 11) is -4.03. The number of hydrogen-bond acceptors (Lipinski definition) is 6. The minimum atomic E-state index is -4.03. The summed E-state index contributed by atoms with van der Waals surface area (Å²) in [5.41, 5.74) is 5.04. The van der Waals surface area contributed by atoms with E-state index in [1.165, 1.54) is 6.07 Å². The average molecular weight is 315 g/mol. The highest BCUT2D eigenvalue weighted by molar-refractivity contribution is 7.89. The molecular formula is C12H17N3O5S. The first-order valence-corrected chi connectivity index (χ1v) is 7.89. The summed E-state index contributed by atoms with van der Waals surface area (Å²) in [6, 6.07) is 3.46. The molecule has 3 N–H and O–H groups in total. The largest absolute Gasteiger partial charge is 0.399 e. The number of piperidine rings is 1. The van der Waals surface area contributed by atoms with Crippen molar-refractivity contribution in [3.63, 3.8) is 0 Å². The van der Waals surface area contributed by atoms with Gasteiger partial charge in [-0.3, -0.25) is 10.1 Å². The molecule has 1 aromatic carbocycles. The highest BCUT2D eigenvalue weighted by Gasteiger charge is 2.36. The van der Waals surface area contributed by atoms with Gasteiger partial charge in [0.2, 0.25) is 10.0 Å². The summed E-state index contributed by atoms with van der Waals surface area (Å²) < 4.78 is 26.2. The van der Waals surface area contributed by atoms with Crippen LogP contribution in [0.3, 0.4) is 0 Å². The van der Waals surface area contributed by atoms with Crippen LogP contribution in [0.4, 0.5) is 11.4 Å². The maximum atomic E-state index is 12.5. The maximum absolute atomic E-state index is 12.5. The van der Waals surface area contributed by atoms with E-state index in [1.807, 2.05) is 6.92 Å². The van der Waals surface area contributed by atoms with Gasteiger partial charge < -0.3 is 10.8 Å². The lowest BCUT2D eigenvalue weighted by molar-refractivity contribution is -0.387. The Labute approximate surface area is 122 Å². The SMILES string of the molecule is CC1CCN(S(=O)(=O)c2ccc(N)cc2[N+](=O)[O-])CC1O. The molecule has 0 spiro atoms. The Morgan fingerprint density at radius 2 is 2.14 bits per heavy atom. The molecule has 8 nitrogen and oxygen atoms in total. The molecule has 0 radical (unpaired) electrons. The second-order valence-corrected chi connectivity index (χ2v) is 7.09. The number of sulfonamides is 1. The molecule has 2 rings (SSSR count). The monoisotopic (exact) mass is 315 g/mol. The van der Waals surface area contributed by atoms with E-state index in [0.29, 0.717) is 6.42 Å². The van der Waals surface area contributed by atoms with Gasteiger partial charge >= 0.3 is 0 Å². The fourth-order valence-electron chi connectivity index (χ4n) is 2.27. The average Bonchev–Trinajstić information content (AvgIpc) is 2.41. The molecule has 1 aliphatic rings. The zero-order valence-corrected chi connectivity index (χ0v) is 12.3. The lowest BCUT2D eigenvalue weighted by Gasteiger charge is -2.33. The number of nitrogen functional groups attached to an aromatic ring is 1. The number of nitro benzene ring substituents is 1. The highest BCUT2D eigenvalue weighted by Crippen LogP contribution is 2.31. The van der Waals surface area contributed by atoms with Crippen molar-refractivity contribution < 1.29 is 18.4 Å². The zero-order chi connectivity index (χ0) is 15.8. The Kier molecular flexibility index (Phi) is 4.17. The molecule has 1 heterocycles. The smallest absolute Gasteiger partial charge is 0.291 e. The van der Waals surface area contributed by atoms with Crippen LogP contribution < -0.4 is 5.73 Å². The number of aliphatic hydroxyl groups is 1. The van der Waals surface area contributed by atoms with E-state index in [0.717, 1.165) is 16.4 Å². The fourth-order valence-corrected chi connectivity index (χ4v) is 3.88. The Hall–Kier alpha value is -1.71. The van der Waals surface area contributed by atoms with E-state index in [9.17, 15) is 23.6 Å². The zero-order valence-electron chi connectivity index (χ0n) is 11.5. The summed E-state index contributed by atoms with van der Waals surface area (Å²) in [6.07, 6.45) is -0.273. The molecule has 1 aliphatic heterocycles. The third-order valence-electron chi connectivity index (χ3n) is 3.68. The molecule has 1 aromatic rings. The molecule has 1 saturated heterocycles. The predicted molar refractivity (Wildman–Crippen MR) is 76.1 cm³/mol. The van der Waals surface area contributed by atoms with Gasteiger partial charge in [-0.25, -0.2) is 8.42 Å². The first kappa shape index (κ1) is 15.7. The third-order valence-corrected chi connectivity index (χ3v) is 5.59. The molecule has 0 saturated carbocycles. The summed E-state index contributed by atoms with van der Waals surface area (Å²) in [5.74, 6) is -0.00199. The van der Waals surface area contributed by atoms with Gasteiger partial charge in [0.25, 0.3) is 5.69 Å². The Balaban J connectivity index is 2.43. The van der Waals surface area contributed by atoms with E-state index in [2.05, 4.69) is 0 Å². The molecular weight excluding hydrogens is 298 g/mol. The maximum Gasteiger partial charge on any atom is 0.291 e. The number of β-amino-alcohol motifs (C(OH)–C–C–N with tert-alkyl or cyclic N) is 1. The quantitative estimate of drug-likeness (QED) is 0.477. The van der Waals surface area contributed by atoms with Crippen LogP contribution in [0, 0.1) is 16.0 Å². The highest BCUT2D eigenvalue weighted by atomic mass is 32.2. The molecule has 2 atom stereocenters. The van der Waals surface area contributed by atoms with Gasteiger partial charge in [-0.1, -0.05) is 6.92 Å². The minimum absolute atomic E-state index is 0.00199. The van der Waals surface area contributed by atoms with Crippen LogP contribution in [0.5, 0.6) is 0 Å². The summed E-state index contributed by atoms with van der Waals surface area (Å²) >= 11 is 0. The summed E-state index contributed by atoms with van der Waals surface area (Å²) in [5, 5.41) is 20.9. The number of hydrogen-bond donors (Lipinski definition) is 2. The van der Waals surface area contributed by atoms with E-state index in [1.54, 1.807) is 0 Å². The number of benzene rings is 1. The van der Waals surface area contributed by atoms with Crippen LogP contribution >= 0.6 is 0 Å². The lowest BCUT2D eigenvalue weighted by atomic mass is 9.98. The van der Waals surface area contributed by atoms with Crippen LogP contribution in [-0.4, -0.2) is 41.9 Å². The van der Waals surface area contributed by atoms with Crippen LogP contribution in [0.15, 0.2) is 23.1 Å². The molecule has 116 valence electrons. The number of nitro groups is 1. The Morgan fingerprint density at radius 1 is 1.48 bits per heavy atom. The van der Waals surface area contributed by atoms with E-state index in [4.69, 9.17) is 5.73 Å². The summed E-state index contributed by atoms with van der Waals surface area (Å²) in [4.78, 5) is 9.87. The van der Waals surface area contributed by atoms with E-state index < -0.39 is 31.6 Å². The molecule has 21 heavy (non-hydrogen) atoms. The molecule has 0 aliphatic carbocycles. The van der Waals surface area contributed by atoms with Crippen molar-refractivity contribution in [3.8, 4) is 0 Å². The van der Waals surface area contributed by atoms with Crippen LogP contribution in [0.1, 0.15) is 13.3 Å². The van der Waals surface area contributed by atoms with Crippen molar-refractivity contribution in [3.05, 3.63) is 28.3 Å². The van der Waals surface area contributed by atoms with Gasteiger partial charge in [0, 0.05) is 24.8 Å². The second-order valence-electron chi connectivity index (χ2n) is 5.18. The van der Waals surface area contributed by atoms with Crippen molar-refractivity contribution >= 4 is 21.4 Å². The number of rotatable bonds is 3. The first-order valence-electron chi connectivity index (χ1n) is 6.45. The van der Waals surface area contributed by atoms with Crippen LogP contribution in [0.25, 0.3) is 0 Å².